The monoisotopic (exact) mass is 266 g/mol. The van der Waals surface area contributed by atoms with Crippen LogP contribution in [0.2, 0.25) is 0 Å². The molecule has 1 nitrogen and oxygen atoms in total. The molecule has 0 saturated heterocycles. The molecular weight excluding hydrogens is 244 g/mol. The third kappa shape index (κ3) is 4.67. The summed E-state index contributed by atoms with van der Waals surface area (Å²) in [5, 5.41) is 9.94. The summed E-state index contributed by atoms with van der Waals surface area (Å²) in [4.78, 5) is 0. The first-order valence-corrected chi connectivity index (χ1v) is 7.19. The van der Waals surface area contributed by atoms with Crippen LogP contribution < -0.4 is 0 Å². The van der Waals surface area contributed by atoms with Gasteiger partial charge in [-0.3, -0.25) is 0 Å². The van der Waals surface area contributed by atoms with Gasteiger partial charge in [0.05, 0.1) is 6.10 Å². The van der Waals surface area contributed by atoms with Crippen LogP contribution in [0.3, 0.4) is 0 Å². The molecule has 20 heavy (non-hydrogen) atoms. The Morgan fingerprint density at radius 1 is 0.950 bits per heavy atom. The Labute approximate surface area is 121 Å². The van der Waals surface area contributed by atoms with E-state index in [1.165, 1.54) is 11.1 Å². The van der Waals surface area contributed by atoms with Gasteiger partial charge in [-0.05, 0) is 36.8 Å². The lowest BCUT2D eigenvalue weighted by Crippen LogP contribution is -2.18. The summed E-state index contributed by atoms with van der Waals surface area (Å²) >= 11 is 0. The van der Waals surface area contributed by atoms with Gasteiger partial charge >= 0.3 is 0 Å². The maximum atomic E-state index is 9.94. The van der Waals surface area contributed by atoms with E-state index in [9.17, 15) is 5.11 Å². The first kappa shape index (κ1) is 14.5. The van der Waals surface area contributed by atoms with Crippen LogP contribution in [0.1, 0.15) is 24.5 Å². The fourth-order valence-electron chi connectivity index (χ4n) is 2.31. The van der Waals surface area contributed by atoms with Crippen molar-refractivity contribution in [3.8, 4) is 0 Å². The zero-order chi connectivity index (χ0) is 14.2. The van der Waals surface area contributed by atoms with Gasteiger partial charge in [-0.2, -0.15) is 0 Å². The Kier molecular flexibility index (Phi) is 5.57. The molecule has 2 aromatic rings. The summed E-state index contributed by atoms with van der Waals surface area (Å²) in [6, 6.07) is 20.6. The van der Waals surface area contributed by atoms with Crippen LogP contribution >= 0.6 is 0 Å². The Morgan fingerprint density at radius 2 is 1.55 bits per heavy atom. The third-order valence-corrected chi connectivity index (χ3v) is 3.57. The third-order valence-electron chi connectivity index (χ3n) is 3.57. The highest BCUT2D eigenvalue weighted by Crippen LogP contribution is 2.17. The summed E-state index contributed by atoms with van der Waals surface area (Å²) in [6.45, 7) is 1.88. The van der Waals surface area contributed by atoms with E-state index in [1.807, 2.05) is 43.3 Å². The van der Waals surface area contributed by atoms with Gasteiger partial charge in [0.15, 0.2) is 0 Å². The summed E-state index contributed by atoms with van der Waals surface area (Å²) in [6.07, 6.45) is 5.80. The van der Waals surface area contributed by atoms with Gasteiger partial charge in [0.1, 0.15) is 0 Å². The minimum atomic E-state index is -0.296. The molecule has 0 radical (unpaired) electrons. The highest BCUT2D eigenvalue weighted by molar-refractivity contribution is 5.48. The van der Waals surface area contributed by atoms with Crippen LogP contribution in [-0.2, 0) is 6.42 Å². The first-order valence-electron chi connectivity index (χ1n) is 7.19. The van der Waals surface area contributed by atoms with Crippen LogP contribution in [0, 0.1) is 5.92 Å². The van der Waals surface area contributed by atoms with E-state index in [4.69, 9.17) is 0 Å². The molecule has 0 spiro atoms. The van der Waals surface area contributed by atoms with E-state index >= 15 is 0 Å². The zero-order valence-corrected chi connectivity index (χ0v) is 11.9. The largest absolute Gasteiger partial charge is 0.393 e. The number of allylic oxidation sites excluding steroid dienone is 1. The average Bonchev–Trinajstić information content (AvgIpc) is 2.48. The second kappa shape index (κ2) is 7.66. The molecular formula is C19H22O. The molecule has 0 aliphatic carbocycles. The molecule has 0 bridgehead atoms. The standard InChI is InChI=1S/C19H22O/c1-16(20)19(15-18-11-6-3-7-12-18)14-8-13-17-9-4-2-5-10-17/h2-13,16,19-20H,14-15H2,1H3/b13-8+. The first-order chi connectivity index (χ1) is 9.75. The zero-order valence-electron chi connectivity index (χ0n) is 11.9. The van der Waals surface area contributed by atoms with E-state index in [0.717, 1.165) is 12.8 Å². The van der Waals surface area contributed by atoms with Crippen LogP contribution in [0.4, 0.5) is 0 Å². The van der Waals surface area contributed by atoms with Crippen molar-refractivity contribution in [2.45, 2.75) is 25.9 Å². The van der Waals surface area contributed by atoms with E-state index in [0.29, 0.717) is 0 Å². The minimum absolute atomic E-state index is 0.261. The maximum absolute atomic E-state index is 9.94. The van der Waals surface area contributed by atoms with E-state index in [1.54, 1.807) is 0 Å². The van der Waals surface area contributed by atoms with Crippen LogP contribution in [0.15, 0.2) is 66.7 Å². The van der Waals surface area contributed by atoms with E-state index in [2.05, 4.69) is 36.4 Å². The van der Waals surface area contributed by atoms with Gasteiger partial charge in [0.2, 0.25) is 0 Å². The molecule has 2 atom stereocenters. The molecule has 0 amide bonds. The molecule has 2 rings (SSSR count). The fraction of sp³-hybridized carbons (Fsp3) is 0.263. The van der Waals surface area contributed by atoms with Crippen LogP contribution in [0.5, 0.6) is 0 Å². The molecule has 1 N–H and O–H groups in total. The van der Waals surface area contributed by atoms with Gasteiger partial charge in [-0.15, -0.1) is 0 Å². The Hall–Kier alpha value is -1.86. The van der Waals surface area contributed by atoms with Crippen LogP contribution in [-0.4, -0.2) is 11.2 Å². The topological polar surface area (TPSA) is 20.2 Å². The predicted octanol–water partition coefficient (Wildman–Crippen LogP) is 4.33. The van der Waals surface area contributed by atoms with Crippen molar-refractivity contribution in [1.82, 2.24) is 0 Å². The highest BCUT2D eigenvalue weighted by Gasteiger charge is 2.13. The Morgan fingerprint density at radius 3 is 2.15 bits per heavy atom. The number of benzene rings is 2. The molecule has 2 aromatic carbocycles. The highest BCUT2D eigenvalue weighted by atomic mass is 16.3. The van der Waals surface area contributed by atoms with E-state index < -0.39 is 0 Å². The van der Waals surface area contributed by atoms with Crippen molar-refractivity contribution in [3.63, 3.8) is 0 Å². The van der Waals surface area contributed by atoms with Crippen molar-refractivity contribution >= 4 is 6.08 Å². The van der Waals surface area contributed by atoms with Crippen molar-refractivity contribution < 1.29 is 5.11 Å². The van der Waals surface area contributed by atoms with Crippen molar-refractivity contribution in [2.75, 3.05) is 0 Å². The summed E-state index contributed by atoms with van der Waals surface area (Å²) < 4.78 is 0. The van der Waals surface area contributed by atoms with Crippen molar-refractivity contribution in [2.24, 2.45) is 5.92 Å². The molecule has 0 aliphatic heterocycles. The number of rotatable bonds is 6. The van der Waals surface area contributed by atoms with Gasteiger partial charge in [0, 0.05) is 0 Å². The van der Waals surface area contributed by atoms with Gasteiger partial charge < -0.3 is 5.11 Å². The fourth-order valence-corrected chi connectivity index (χ4v) is 2.31. The number of aliphatic hydroxyl groups excluding tert-OH is 1. The molecule has 0 aliphatic rings. The smallest absolute Gasteiger partial charge is 0.0546 e. The molecule has 1 heteroatoms. The van der Waals surface area contributed by atoms with Gasteiger partial charge in [-0.25, -0.2) is 0 Å². The Balaban J connectivity index is 1.95. The van der Waals surface area contributed by atoms with Gasteiger partial charge in [0.25, 0.3) is 0 Å². The molecule has 0 heterocycles. The maximum Gasteiger partial charge on any atom is 0.0546 e. The Bertz CT molecular complexity index is 514. The summed E-state index contributed by atoms with van der Waals surface area (Å²) in [5.74, 6) is 0.261. The van der Waals surface area contributed by atoms with Crippen LogP contribution in [0.25, 0.3) is 6.08 Å². The lowest BCUT2D eigenvalue weighted by Gasteiger charge is -2.18. The number of hydrogen-bond donors (Lipinski definition) is 1. The number of aliphatic hydroxyl groups is 1. The lowest BCUT2D eigenvalue weighted by atomic mass is 9.91. The van der Waals surface area contributed by atoms with E-state index in [-0.39, 0.29) is 12.0 Å². The predicted molar refractivity (Wildman–Crippen MR) is 85.4 cm³/mol. The van der Waals surface area contributed by atoms with Crippen molar-refractivity contribution in [1.29, 1.82) is 0 Å². The SMILES string of the molecule is CC(O)C(C/C=C/c1ccccc1)Cc1ccccc1. The minimum Gasteiger partial charge on any atom is -0.393 e. The summed E-state index contributed by atoms with van der Waals surface area (Å²) in [5.41, 5.74) is 2.49. The quantitative estimate of drug-likeness (QED) is 0.825. The second-order valence-electron chi connectivity index (χ2n) is 5.24. The normalized spacial score (nSPS) is 14.3. The number of hydrogen-bond acceptors (Lipinski definition) is 1. The molecule has 2 unspecified atom stereocenters. The molecule has 104 valence electrons. The molecule has 0 fully saturated rings. The summed E-state index contributed by atoms with van der Waals surface area (Å²) in [7, 11) is 0. The molecule has 0 aromatic heterocycles. The average molecular weight is 266 g/mol. The van der Waals surface area contributed by atoms with Crippen molar-refractivity contribution in [3.05, 3.63) is 77.9 Å². The van der Waals surface area contributed by atoms with Gasteiger partial charge in [-0.1, -0.05) is 72.8 Å². The lowest BCUT2D eigenvalue weighted by molar-refractivity contribution is 0.127. The second-order valence-corrected chi connectivity index (χ2v) is 5.24. The molecule has 0 saturated carbocycles.